The van der Waals surface area contributed by atoms with E-state index in [-0.39, 0.29) is 0 Å². The van der Waals surface area contributed by atoms with E-state index in [2.05, 4.69) is 35.1 Å². The van der Waals surface area contributed by atoms with Crippen LogP contribution in [0.2, 0.25) is 10.0 Å². The summed E-state index contributed by atoms with van der Waals surface area (Å²) >= 11 is 13.8. The predicted octanol–water partition coefficient (Wildman–Crippen LogP) is 5.21. The fourth-order valence-corrected chi connectivity index (χ4v) is 3.21. The topological polar surface area (TPSA) is 12.0 Å². The van der Waals surface area contributed by atoms with Gasteiger partial charge in [0.15, 0.2) is 0 Å². The molecule has 0 saturated heterocycles. The fraction of sp³-hybridized carbons (Fsp3) is 0.375. The van der Waals surface area contributed by atoms with Crippen molar-refractivity contribution in [2.24, 2.45) is 0 Å². The van der Waals surface area contributed by atoms with E-state index in [0.29, 0.717) is 16.1 Å². The lowest BCUT2D eigenvalue weighted by Gasteiger charge is -2.18. The van der Waals surface area contributed by atoms with Crippen molar-refractivity contribution < 1.29 is 0 Å². The van der Waals surface area contributed by atoms with Gasteiger partial charge in [-0.15, -0.1) is 0 Å². The lowest BCUT2D eigenvalue weighted by Crippen LogP contribution is -2.33. The molecule has 0 spiro atoms. The van der Waals surface area contributed by atoms with Gasteiger partial charge in [-0.05, 0) is 65.9 Å². The zero-order valence-electron chi connectivity index (χ0n) is 11.5. The number of halogens is 2. The van der Waals surface area contributed by atoms with Crippen molar-refractivity contribution in [3.05, 3.63) is 56.2 Å². The van der Waals surface area contributed by atoms with Crippen LogP contribution in [-0.2, 0) is 12.8 Å². The molecule has 4 heteroatoms. The summed E-state index contributed by atoms with van der Waals surface area (Å²) in [6.07, 6.45) is 3.15. The Bertz CT molecular complexity index is 525. The molecule has 1 atom stereocenters. The maximum Gasteiger partial charge on any atom is 0.0595 e. The van der Waals surface area contributed by atoms with Gasteiger partial charge < -0.3 is 5.32 Å². The minimum atomic E-state index is 0.432. The number of benzene rings is 1. The molecule has 2 aromatic rings. The average Bonchev–Trinajstić information content (AvgIpc) is 2.93. The van der Waals surface area contributed by atoms with Crippen molar-refractivity contribution in [2.75, 3.05) is 6.54 Å². The molecule has 1 N–H and O–H groups in total. The van der Waals surface area contributed by atoms with Gasteiger partial charge in [0.25, 0.3) is 0 Å². The fourth-order valence-electron chi connectivity index (χ4n) is 2.21. The first-order valence-electron chi connectivity index (χ1n) is 6.87. The van der Waals surface area contributed by atoms with Gasteiger partial charge >= 0.3 is 0 Å². The van der Waals surface area contributed by atoms with Gasteiger partial charge in [-0.2, -0.15) is 11.3 Å². The maximum atomic E-state index is 6.09. The van der Waals surface area contributed by atoms with Crippen molar-refractivity contribution in [3.63, 3.8) is 0 Å². The summed E-state index contributed by atoms with van der Waals surface area (Å²) in [5.74, 6) is 0. The minimum Gasteiger partial charge on any atom is -0.313 e. The normalized spacial score (nSPS) is 12.6. The number of hydrogen-bond acceptors (Lipinski definition) is 2. The zero-order chi connectivity index (χ0) is 14.4. The highest BCUT2D eigenvalue weighted by atomic mass is 35.5. The van der Waals surface area contributed by atoms with Crippen molar-refractivity contribution in [2.45, 2.75) is 32.2 Å². The van der Waals surface area contributed by atoms with Crippen LogP contribution < -0.4 is 5.32 Å². The summed E-state index contributed by atoms with van der Waals surface area (Å²) in [6.45, 7) is 3.23. The van der Waals surface area contributed by atoms with Crippen LogP contribution in [-0.4, -0.2) is 12.6 Å². The summed E-state index contributed by atoms with van der Waals surface area (Å²) < 4.78 is 0. The van der Waals surface area contributed by atoms with Crippen LogP contribution in [0, 0.1) is 0 Å². The maximum absolute atomic E-state index is 6.09. The summed E-state index contributed by atoms with van der Waals surface area (Å²) in [5.41, 5.74) is 2.62. The Morgan fingerprint density at radius 2 is 1.90 bits per heavy atom. The number of rotatable bonds is 7. The lowest BCUT2D eigenvalue weighted by molar-refractivity contribution is 0.505. The van der Waals surface area contributed by atoms with E-state index in [1.165, 1.54) is 11.1 Å². The van der Waals surface area contributed by atoms with Crippen LogP contribution in [0.3, 0.4) is 0 Å². The molecule has 1 unspecified atom stereocenters. The molecule has 0 fully saturated rings. The van der Waals surface area contributed by atoms with E-state index in [9.17, 15) is 0 Å². The Morgan fingerprint density at radius 1 is 1.10 bits per heavy atom. The largest absolute Gasteiger partial charge is 0.313 e. The van der Waals surface area contributed by atoms with E-state index in [1.807, 2.05) is 12.1 Å². The van der Waals surface area contributed by atoms with Gasteiger partial charge in [0.05, 0.1) is 10.0 Å². The highest BCUT2D eigenvalue weighted by molar-refractivity contribution is 7.07. The quantitative estimate of drug-likeness (QED) is 0.736. The zero-order valence-corrected chi connectivity index (χ0v) is 13.9. The van der Waals surface area contributed by atoms with Gasteiger partial charge in [-0.25, -0.2) is 0 Å². The second kappa shape index (κ2) is 8.04. The van der Waals surface area contributed by atoms with Crippen LogP contribution in [0.4, 0.5) is 0 Å². The molecule has 1 nitrogen and oxygen atoms in total. The molecule has 0 saturated carbocycles. The molecule has 1 heterocycles. The first kappa shape index (κ1) is 15.8. The lowest BCUT2D eigenvalue weighted by atomic mass is 10.0. The predicted molar refractivity (Wildman–Crippen MR) is 90.3 cm³/mol. The molecule has 0 radical (unpaired) electrons. The van der Waals surface area contributed by atoms with Crippen molar-refractivity contribution >= 4 is 34.5 Å². The first-order valence-corrected chi connectivity index (χ1v) is 8.57. The third-order valence-electron chi connectivity index (χ3n) is 3.21. The van der Waals surface area contributed by atoms with E-state index in [1.54, 1.807) is 11.3 Å². The SMILES string of the molecule is CCCNC(Cc1ccsc1)Cc1ccc(Cl)c(Cl)c1. The van der Waals surface area contributed by atoms with E-state index in [4.69, 9.17) is 23.2 Å². The third-order valence-corrected chi connectivity index (χ3v) is 4.68. The molecule has 108 valence electrons. The molecule has 1 aromatic heterocycles. The summed E-state index contributed by atoms with van der Waals surface area (Å²) in [5, 5.41) is 9.22. The van der Waals surface area contributed by atoms with Crippen LogP contribution >= 0.6 is 34.5 Å². The molecule has 0 aliphatic heterocycles. The highest BCUT2D eigenvalue weighted by Gasteiger charge is 2.11. The minimum absolute atomic E-state index is 0.432. The number of hydrogen-bond donors (Lipinski definition) is 1. The van der Waals surface area contributed by atoms with E-state index >= 15 is 0 Å². The molecule has 0 aliphatic rings. The molecular formula is C16H19Cl2NS. The van der Waals surface area contributed by atoms with Crippen LogP contribution in [0.5, 0.6) is 0 Å². The highest BCUT2D eigenvalue weighted by Crippen LogP contribution is 2.23. The molecule has 20 heavy (non-hydrogen) atoms. The molecule has 1 aromatic carbocycles. The van der Waals surface area contributed by atoms with Crippen LogP contribution in [0.25, 0.3) is 0 Å². The van der Waals surface area contributed by atoms with Crippen molar-refractivity contribution in [3.8, 4) is 0 Å². The number of thiophene rings is 1. The average molecular weight is 328 g/mol. The van der Waals surface area contributed by atoms with Crippen molar-refractivity contribution in [1.82, 2.24) is 5.32 Å². The molecule has 0 amide bonds. The molecule has 2 rings (SSSR count). The van der Waals surface area contributed by atoms with Crippen LogP contribution in [0.15, 0.2) is 35.0 Å². The molecule has 0 aliphatic carbocycles. The molecule has 0 bridgehead atoms. The van der Waals surface area contributed by atoms with E-state index < -0.39 is 0 Å². The first-order chi connectivity index (χ1) is 9.69. The number of nitrogens with one attached hydrogen (secondary N) is 1. The Morgan fingerprint density at radius 3 is 2.55 bits per heavy atom. The Balaban J connectivity index is 2.04. The third kappa shape index (κ3) is 4.78. The van der Waals surface area contributed by atoms with E-state index in [0.717, 1.165) is 25.8 Å². The second-order valence-electron chi connectivity index (χ2n) is 4.94. The standard InChI is InChI=1S/C16H19Cl2NS/c1-2-6-19-14(9-13-5-7-20-11-13)8-12-3-4-15(17)16(18)10-12/h3-5,7,10-11,14,19H,2,6,8-9H2,1H3. The second-order valence-corrected chi connectivity index (χ2v) is 6.53. The van der Waals surface area contributed by atoms with Gasteiger partial charge in [0, 0.05) is 6.04 Å². The summed E-state index contributed by atoms with van der Waals surface area (Å²) in [7, 11) is 0. The van der Waals surface area contributed by atoms with Gasteiger partial charge in [0.2, 0.25) is 0 Å². The summed E-state index contributed by atoms with van der Waals surface area (Å²) in [4.78, 5) is 0. The Kier molecular flexibility index (Phi) is 6.37. The Hall–Kier alpha value is -0.540. The van der Waals surface area contributed by atoms with Gasteiger partial charge in [0.1, 0.15) is 0 Å². The van der Waals surface area contributed by atoms with Gasteiger partial charge in [-0.3, -0.25) is 0 Å². The molecular weight excluding hydrogens is 309 g/mol. The Labute approximate surface area is 134 Å². The van der Waals surface area contributed by atoms with Crippen LogP contribution in [0.1, 0.15) is 24.5 Å². The smallest absolute Gasteiger partial charge is 0.0595 e. The van der Waals surface area contributed by atoms with Gasteiger partial charge in [-0.1, -0.05) is 36.2 Å². The summed E-state index contributed by atoms with van der Waals surface area (Å²) in [6, 6.07) is 8.53. The van der Waals surface area contributed by atoms with Crippen molar-refractivity contribution in [1.29, 1.82) is 0 Å². The monoisotopic (exact) mass is 327 g/mol.